The standard InChI is InChI=1S/C11H16N2O3S/c1-8(2)17(15,16)6-5-11(14)10-4-3-9(12)7-13-10/h3-4,7-8H,5-6,12H2,1-2H3. The van der Waals surface area contributed by atoms with Gasteiger partial charge in [0.15, 0.2) is 15.6 Å². The van der Waals surface area contributed by atoms with Crippen LogP contribution in [0.4, 0.5) is 5.69 Å². The number of aromatic nitrogens is 1. The van der Waals surface area contributed by atoms with E-state index in [1.165, 1.54) is 12.3 Å². The van der Waals surface area contributed by atoms with E-state index in [1.807, 2.05) is 0 Å². The molecule has 0 saturated carbocycles. The number of hydrogen-bond donors (Lipinski definition) is 1. The lowest BCUT2D eigenvalue weighted by Gasteiger charge is -2.06. The van der Waals surface area contributed by atoms with Gasteiger partial charge < -0.3 is 5.73 Å². The van der Waals surface area contributed by atoms with Gasteiger partial charge in [-0.3, -0.25) is 9.78 Å². The number of rotatable bonds is 5. The molecule has 0 amide bonds. The summed E-state index contributed by atoms with van der Waals surface area (Å²) in [7, 11) is -3.18. The molecule has 0 saturated heterocycles. The Morgan fingerprint density at radius 2 is 2.06 bits per heavy atom. The van der Waals surface area contributed by atoms with Gasteiger partial charge in [0.05, 0.1) is 22.9 Å². The van der Waals surface area contributed by atoms with Crippen LogP contribution in [-0.4, -0.2) is 30.2 Å². The number of sulfone groups is 1. The quantitative estimate of drug-likeness (QED) is 0.795. The second-order valence-electron chi connectivity index (χ2n) is 4.07. The van der Waals surface area contributed by atoms with E-state index in [9.17, 15) is 13.2 Å². The topological polar surface area (TPSA) is 90.1 Å². The van der Waals surface area contributed by atoms with Crippen LogP contribution in [0, 0.1) is 0 Å². The normalized spacial score (nSPS) is 11.7. The molecule has 0 aromatic carbocycles. The maximum Gasteiger partial charge on any atom is 0.182 e. The third kappa shape index (κ3) is 3.81. The summed E-state index contributed by atoms with van der Waals surface area (Å²) >= 11 is 0. The molecule has 0 bridgehead atoms. The zero-order chi connectivity index (χ0) is 13.1. The fraction of sp³-hybridized carbons (Fsp3) is 0.455. The highest BCUT2D eigenvalue weighted by Crippen LogP contribution is 2.08. The molecule has 0 aliphatic carbocycles. The van der Waals surface area contributed by atoms with Crippen LogP contribution in [0.1, 0.15) is 30.8 Å². The van der Waals surface area contributed by atoms with Gasteiger partial charge in [0.1, 0.15) is 5.69 Å². The third-order valence-corrected chi connectivity index (χ3v) is 4.61. The summed E-state index contributed by atoms with van der Waals surface area (Å²) in [4.78, 5) is 15.5. The molecule has 0 fully saturated rings. The lowest BCUT2D eigenvalue weighted by molar-refractivity contribution is 0.0984. The average Bonchev–Trinajstić information content (AvgIpc) is 2.27. The lowest BCUT2D eigenvalue weighted by Crippen LogP contribution is -2.20. The van der Waals surface area contributed by atoms with Crippen molar-refractivity contribution in [2.24, 2.45) is 0 Å². The monoisotopic (exact) mass is 256 g/mol. The first-order chi connectivity index (χ1) is 7.83. The number of nitrogens with two attached hydrogens (primary N) is 1. The molecule has 2 N–H and O–H groups in total. The molecule has 0 aliphatic rings. The van der Waals surface area contributed by atoms with Gasteiger partial charge in [-0.15, -0.1) is 0 Å². The number of nitrogen functional groups attached to an aromatic ring is 1. The summed E-state index contributed by atoms with van der Waals surface area (Å²) in [5, 5.41) is -0.463. The van der Waals surface area contributed by atoms with Crippen molar-refractivity contribution in [2.75, 3.05) is 11.5 Å². The van der Waals surface area contributed by atoms with Gasteiger partial charge in [-0.1, -0.05) is 0 Å². The predicted octanol–water partition coefficient (Wildman–Crippen LogP) is 1.06. The highest BCUT2D eigenvalue weighted by molar-refractivity contribution is 7.91. The minimum atomic E-state index is -3.18. The summed E-state index contributed by atoms with van der Waals surface area (Å²) in [6, 6.07) is 3.07. The lowest BCUT2D eigenvalue weighted by atomic mass is 10.2. The Balaban J connectivity index is 2.65. The summed E-state index contributed by atoms with van der Waals surface area (Å²) in [6.07, 6.45) is 1.33. The smallest absolute Gasteiger partial charge is 0.182 e. The first kappa shape index (κ1) is 13.6. The second-order valence-corrected chi connectivity index (χ2v) is 6.74. The van der Waals surface area contributed by atoms with Crippen LogP contribution in [0.15, 0.2) is 18.3 Å². The number of Topliss-reactive ketones (excluding diaryl/α,β-unsaturated/α-hetero) is 1. The SMILES string of the molecule is CC(C)S(=O)(=O)CCC(=O)c1ccc(N)cn1. The molecule has 0 radical (unpaired) electrons. The molecule has 17 heavy (non-hydrogen) atoms. The van der Waals surface area contributed by atoms with Crippen molar-refractivity contribution in [3.05, 3.63) is 24.0 Å². The van der Waals surface area contributed by atoms with Crippen molar-refractivity contribution in [1.29, 1.82) is 0 Å². The molecule has 5 nitrogen and oxygen atoms in total. The number of ketones is 1. The van der Waals surface area contributed by atoms with Gasteiger partial charge in [0.2, 0.25) is 0 Å². The zero-order valence-corrected chi connectivity index (χ0v) is 10.7. The first-order valence-electron chi connectivity index (χ1n) is 5.29. The van der Waals surface area contributed by atoms with E-state index in [-0.39, 0.29) is 23.7 Å². The Morgan fingerprint density at radius 1 is 1.41 bits per heavy atom. The van der Waals surface area contributed by atoms with E-state index in [0.29, 0.717) is 5.69 Å². The molecule has 94 valence electrons. The fourth-order valence-corrected chi connectivity index (χ4v) is 2.11. The molecule has 1 heterocycles. The summed E-state index contributed by atoms with van der Waals surface area (Å²) in [5.74, 6) is -0.426. The van der Waals surface area contributed by atoms with E-state index in [0.717, 1.165) is 0 Å². The molecule has 6 heteroatoms. The maximum atomic E-state index is 11.7. The maximum absolute atomic E-state index is 11.7. The van der Waals surface area contributed by atoms with E-state index >= 15 is 0 Å². The number of carbonyl (C=O) groups is 1. The third-order valence-electron chi connectivity index (χ3n) is 2.40. The Hall–Kier alpha value is -1.43. The molecule has 0 unspecified atom stereocenters. The zero-order valence-electron chi connectivity index (χ0n) is 9.88. The Kier molecular flexibility index (Phi) is 4.22. The second kappa shape index (κ2) is 5.27. The Morgan fingerprint density at radius 3 is 2.53 bits per heavy atom. The van der Waals surface area contributed by atoms with Crippen LogP contribution in [0.3, 0.4) is 0 Å². The van der Waals surface area contributed by atoms with E-state index in [2.05, 4.69) is 4.98 Å². The molecule has 1 aromatic heterocycles. The van der Waals surface area contributed by atoms with Crippen LogP contribution < -0.4 is 5.73 Å². The molecular weight excluding hydrogens is 240 g/mol. The van der Waals surface area contributed by atoms with Crippen LogP contribution in [0.2, 0.25) is 0 Å². The van der Waals surface area contributed by atoms with Crippen LogP contribution in [0.5, 0.6) is 0 Å². The predicted molar refractivity (Wildman–Crippen MR) is 66.5 cm³/mol. The van der Waals surface area contributed by atoms with E-state index in [1.54, 1.807) is 19.9 Å². The largest absolute Gasteiger partial charge is 0.397 e. The number of hydrogen-bond acceptors (Lipinski definition) is 5. The fourth-order valence-electron chi connectivity index (χ4n) is 1.17. The molecule has 1 rings (SSSR count). The minimum Gasteiger partial charge on any atom is -0.397 e. The molecule has 0 atom stereocenters. The van der Waals surface area contributed by atoms with E-state index < -0.39 is 15.1 Å². The van der Waals surface area contributed by atoms with Crippen molar-refractivity contribution in [3.8, 4) is 0 Å². The van der Waals surface area contributed by atoms with Gasteiger partial charge >= 0.3 is 0 Å². The number of anilines is 1. The first-order valence-corrected chi connectivity index (χ1v) is 7.01. The van der Waals surface area contributed by atoms with Gasteiger partial charge in [-0.25, -0.2) is 8.42 Å². The van der Waals surface area contributed by atoms with Crippen molar-refractivity contribution < 1.29 is 13.2 Å². The summed E-state index contributed by atoms with van der Waals surface area (Å²) in [6.45, 7) is 3.20. The van der Waals surface area contributed by atoms with Crippen molar-refractivity contribution in [2.45, 2.75) is 25.5 Å². The number of carbonyl (C=O) groups excluding carboxylic acids is 1. The van der Waals surface area contributed by atoms with Gasteiger partial charge in [-0.2, -0.15) is 0 Å². The summed E-state index contributed by atoms with van der Waals surface area (Å²) < 4.78 is 23.1. The molecule has 1 aromatic rings. The van der Waals surface area contributed by atoms with Gasteiger partial charge in [0, 0.05) is 6.42 Å². The number of pyridine rings is 1. The van der Waals surface area contributed by atoms with Crippen molar-refractivity contribution >= 4 is 21.3 Å². The van der Waals surface area contributed by atoms with Crippen LogP contribution >= 0.6 is 0 Å². The average molecular weight is 256 g/mol. The minimum absolute atomic E-state index is 0.0442. The van der Waals surface area contributed by atoms with Crippen LogP contribution in [-0.2, 0) is 9.84 Å². The highest BCUT2D eigenvalue weighted by Gasteiger charge is 2.18. The van der Waals surface area contributed by atoms with Crippen molar-refractivity contribution in [3.63, 3.8) is 0 Å². The highest BCUT2D eigenvalue weighted by atomic mass is 32.2. The van der Waals surface area contributed by atoms with Crippen molar-refractivity contribution in [1.82, 2.24) is 4.98 Å². The van der Waals surface area contributed by atoms with E-state index in [4.69, 9.17) is 5.73 Å². The Labute approximate surface area is 101 Å². The van der Waals surface area contributed by atoms with Gasteiger partial charge in [0.25, 0.3) is 0 Å². The number of nitrogens with zero attached hydrogens (tertiary/aromatic N) is 1. The molecule has 0 aliphatic heterocycles. The molecular formula is C11H16N2O3S. The van der Waals surface area contributed by atoms with Gasteiger partial charge in [-0.05, 0) is 26.0 Å². The molecule has 0 spiro atoms. The summed E-state index contributed by atoms with van der Waals surface area (Å²) in [5.41, 5.74) is 6.16. The van der Waals surface area contributed by atoms with Crippen LogP contribution in [0.25, 0.3) is 0 Å². The Bertz CT molecular complexity index is 492.